The molecule has 204 valence electrons. The van der Waals surface area contributed by atoms with Crippen molar-refractivity contribution >= 4 is 46.0 Å². The number of hydrogen-bond donors (Lipinski definition) is 0. The number of carbonyl (C=O) groups is 2. The Balaban J connectivity index is 1.57. The molecule has 40 heavy (non-hydrogen) atoms. The number of nitro groups is 3. The predicted octanol–water partition coefficient (Wildman–Crippen LogP) is 5.84. The van der Waals surface area contributed by atoms with Gasteiger partial charge in [0.15, 0.2) is 11.5 Å². The van der Waals surface area contributed by atoms with E-state index in [0.717, 1.165) is 34.9 Å². The fourth-order valence-electron chi connectivity index (χ4n) is 3.63. The third kappa shape index (κ3) is 6.05. The van der Waals surface area contributed by atoms with Gasteiger partial charge in [-0.2, -0.15) is 0 Å². The van der Waals surface area contributed by atoms with Crippen molar-refractivity contribution < 1.29 is 33.8 Å². The van der Waals surface area contributed by atoms with Crippen molar-refractivity contribution in [3.63, 3.8) is 0 Å². The fraction of sp³-hybridized carbons (Fsp3) is 0.120. The highest BCUT2D eigenvalue weighted by Gasteiger charge is 2.35. The molecule has 0 saturated carbocycles. The molecule has 1 saturated heterocycles. The van der Waals surface area contributed by atoms with Crippen LogP contribution in [0.3, 0.4) is 0 Å². The van der Waals surface area contributed by atoms with Gasteiger partial charge in [-0.15, -0.1) is 0 Å². The molecule has 4 rings (SSSR count). The van der Waals surface area contributed by atoms with Crippen LogP contribution in [0, 0.1) is 30.3 Å². The molecule has 14 nitrogen and oxygen atoms in total. The van der Waals surface area contributed by atoms with Gasteiger partial charge in [-0.3, -0.25) is 44.8 Å². The molecule has 1 aliphatic heterocycles. The van der Waals surface area contributed by atoms with Crippen LogP contribution in [0.1, 0.15) is 18.1 Å². The van der Waals surface area contributed by atoms with Crippen LogP contribution in [0.15, 0.2) is 65.6 Å². The smallest absolute Gasteiger partial charge is 0.318 e. The van der Waals surface area contributed by atoms with E-state index in [1.54, 1.807) is 13.0 Å². The second kappa shape index (κ2) is 11.6. The van der Waals surface area contributed by atoms with Crippen molar-refractivity contribution in [3.8, 4) is 17.2 Å². The van der Waals surface area contributed by atoms with Gasteiger partial charge in [-0.25, -0.2) is 0 Å². The quantitative estimate of drug-likeness (QED) is 0.163. The summed E-state index contributed by atoms with van der Waals surface area (Å²) < 4.78 is 11.3. The van der Waals surface area contributed by atoms with Crippen LogP contribution in [0.2, 0.25) is 0 Å². The van der Waals surface area contributed by atoms with E-state index in [9.17, 15) is 39.9 Å². The van der Waals surface area contributed by atoms with Crippen LogP contribution < -0.4 is 9.47 Å². The zero-order valence-electron chi connectivity index (χ0n) is 20.5. The number of rotatable bonds is 10. The Morgan fingerprint density at radius 2 is 1.48 bits per heavy atom. The monoisotopic (exact) mass is 566 g/mol. The molecule has 0 bridgehead atoms. The van der Waals surface area contributed by atoms with E-state index < -0.39 is 37.3 Å². The fourth-order valence-corrected chi connectivity index (χ4v) is 4.47. The number of thioether (sulfide) groups is 1. The molecule has 0 atom stereocenters. The van der Waals surface area contributed by atoms with E-state index in [-0.39, 0.29) is 41.0 Å². The van der Waals surface area contributed by atoms with Crippen LogP contribution in [-0.4, -0.2) is 37.4 Å². The van der Waals surface area contributed by atoms with E-state index >= 15 is 0 Å². The molecular weight excluding hydrogens is 548 g/mol. The average Bonchev–Trinajstić information content (AvgIpc) is 3.17. The van der Waals surface area contributed by atoms with Gasteiger partial charge < -0.3 is 9.47 Å². The normalized spacial score (nSPS) is 13.9. The lowest BCUT2D eigenvalue weighted by molar-refractivity contribution is -0.394. The summed E-state index contributed by atoms with van der Waals surface area (Å²) >= 11 is 0.727. The Kier molecular flexibility index (Phi) is 8.04. The van der Waals surface area contributed by atoms with E-state index in [0.29, 0.717) is 11.1 Å². The highest BCUT2D eigenvalue weighted by atomic mass is 32.2. The van der Waals surface area contributed by atoms with Crippen LogP contribution in [0.4, 0.5) is 21.9 Å². The maximum Gasteiger partial charge on any atom is 0.318 e. The predicted molar refractivity (Wildman–Crippen MR) is 142 cm³/mol. The Hall–Kier alpha value is -5.31. The minimum Gasteiger partial charge on any atom is -0.490 e. The van der Waals surface area contributed by atoms with Crippen LogP contribution in [0.5, 0.6) is 17.2 Å². The van der Waals surface area contributed by atoms with Gasteiger partial charge in [0.25, 0.3) is 22.5 Å². The molecule has 15 heteroatoms. The van der Waals surface area contributed by atoms with Crippen molar-refractivity contribution in [1.82, 2.24) is 4.90 Å². The Bertz CT molecular complexity index is 1570. The van der Waals surface area contributed by atoms with Crippen LogP contribution in [-0.2, 0) is 11.3 Å². The number of imide groups is 1. The van der Waals surface area contributed by atoms with Gasteiger partial charge >= 0.3 is 5.69 Å². The second-order valence-corrected chi connectivity index (χ2v) is 9.09. The first-order chi connectivity index (χ1) is 19.1. The van der Waals surface area contributed by atoms with Crippen molar-refractivity contribution in [2.24, 2.45) is 0 Å². The number of benzene rings is 3. The minimum absolute atomic E-state index is 0.0645. The molecule has 3 aromatic carbocycles. The Morgan fingerprint density at radius 1 is 0.825 bits per heavy atom. The first kappa shape index (κ1) is 27.7. The first-order valence-corrected chi connectivity index (χ1v) is 12.2. The summed E-state index contributed by atoms with van der Waals surface area (Å²) in [6, 6.07) is 13.0. The van der Waals surface area contributed by atoms with Crippen molar-refractivity contribution in [1.29, 1.82) is 0 Å². The summed E-state index contributed by atoms with van der Waals surface area (Å²) in [5.41, 5.74) is -0.188. The van der Waals surface area contributed by atoms with Gasteiger partial charge in [0, 0.05) is 18.2 Å². The van der Waals surface area contributed by atoms with Gasteiger partial charge in [-0.1, -0.05) is 18.2 Å². The second-order valence-electron chi connectivity index (χ2n) is 8.10. The molecule has 3 aromatic rings. The van der Waals surface area contributed by atoms with Gasteiger partial charge in [0.2, 0.25) is 5.75 Å². The number of hydrogen-bond acceptors (Lipinski definition) is 11. The third-order valence-corrected chi connectivity index (χ3v) is 6.40. The topological polar surface area (TPSA) is 185 Å². The van der Waals surface area contributed by atoms with E-state index in [2.05, 4.69) is 0 Å². The van der Waals surface area contributed by atoms with Crippen LogP contribution in [0.25, 0.3) is 6.08 Å². The van der Waals surface area contributed by atoms with E-state index in [1.807, 2.05) is 0 Å². The number of non-ortho nitro benzene ring substituents is 2. The average molecular weight is 567 g/mol. The Labute approximate surface area is 229 Å². The van der Waals surface area contributed by atoms with Crippen molar-refractivity contribution in [2.75, 3.05) is 6.61 Å². The molecule has 0 aromatic heterocycles. The van der Waals surface area contributed by atoms with Gasteiger partial charge in [-0.05, 0) is 54.1 Å². The Morgan fingerprint density at radius 3 is 2.10 bits per heavy atom. The number of ether oxygens (including phenoxy) is 2. The summed E-state index contributed by atoms with van der Waals surface area (Å²) in [7, 11) is 0. The number of nitro benzene ring substituents is 3. The number of carbonyl (C=O) groups excluding carboxylic acids is 2. The summed E-state index contributed by atoms with van der Waals surface area (Å²) in [6.45, 7) is 1.84. The zero-order valence-corrected chi connectivity index (χ0v) is 21.4. The molecule has 0 N–H and O–H groups in total. The molecule has 0 radical (unpaired) electrons. The lowest BCUT2D eigenvalue weighted by Gasteiger charge is -2.13. The first-order valence-electron chi connectivity index (χ1n) is 11.4. The zero-order chi connectivity index (χ0) is 29.0. The molecular formula is C25H18N4O10S. The minimum atomic E-state index is -0.802. The standard InChI is InChI=1S/C25H18N4O10S/c1-2-38-22-11-16(5-9-21(22)39-20-10-8-18(28(34)35)13-19(20)29(36)37)12-23-24(30)26(25(31)40-23)14-15-3-6-17(7-4-15)27(32)33/h3-13H,2,14H2,1H3/b23-12-. The summed E-state index contributed by atoms with van der Waals surface area (Å²) in [6.07, 6.45) is 1.47. The SMILES string of the molecule is CCOc1cc(/C=C2\SC(=O)N(Cc3ccc([N+](=O)[O-])cc3)C2=O)ccc1Oc1ccc([N+](=O)[O-])cc1[N+](=O)[O-]. The molecule has 2 amide bonds. The number of amides is 2. The highest BCUT2D eigenvalue weighted by Crippen LogP contribution is 2.40. The van der Waals surface area contributed by atoms with Crippen LogP contribution >= 0.6 is 11.8 Å². The number of nitrogens with zero attached hydrogens (tertiary/aromatic N) is 4. The maximum atomic E-state index is 12.9. The maximum absolute atomic E-state index is 12.9. The summed E-state index contributed by atoms with van der Waals surface area (Å²) in [4.78, 5) is 57.8. The lowest BCUT2D eigenvalue weighted by atomic mass is 10.1. The van der Waals surface area contributed by atoms with Crippen molar-refractivity contribution in [2.45, 2.75) is 13.5 Å². The van der Waals surface area contributed by atoms with Gasteiger partial charge in [0.1, 0.15) is 0 Å². The van der Waals surface area contributed by atoms with E-state index in [4.69, 9.17) is 9.47 Å². The van der Waals surface area contributed by atoms with Crippen molar-refractivity contribution in [3.05, 3.63) is 107 Å². The molecule has 1 heterocycles. The molecule has 0 aliphatic carbocycles. The summed E-state index contributed by atoms with van der Waals surface area (Å²) in [5.74, 6) is -0.527. The third-order valence-electron chi connectivity index (χ3n) is 5.50. The largest absolute Gasteiger partial charge is 0.490 e. The molecule has 0 unspecified atom stereocenters. The van der Waals surface area contributed by atoms with E-state index in [1.165, 1.54) is 42.5 Å². The summed E-state index contributed by atoms with van der Waals surface area (Å²) in [5, 5.41) is 32.8. The lowest BCUT2D eigenvalue weighted by Crippen LogP contribution is -2.27. The molecule has 1 aliphatic rings. The highest BCUT2D eigenvalue weighted by molar-refractivity contribution is 8.18. The van der Waals surface area contributed by atoms with Gasteiger partial charge in [0.05, 0.1) is 38.9 Å². The molecule has 0 spiro atoms. The molecule has 1 fully saturated rings.